The minimum absolute atomic E-state index is 0.588. The van der Waals surface area contributed by atoms with E-state index in [1.807, 2.05) is 37.3 Å². The van der Waals surface area contributed by atoms with E-state index in [9.17, 15) is 0 Å². The fourth-order valence-electron chi connectivity index (χ4n) is 1.86. The Labute approximate surface area is 111 Å². The average molecular weight is 248 g/mol. The van der Waals surface area contributed by atoms with Gasteiger partial charge in [-0.15, -0.1) is 0 Å². The first kappa shape index (κ1) is 11.5. The SMILES string of the molecule is CCC#Cc1cc(-c2cnc3ccccc3c2)no1. The molecule has 2 heterocycles. The lowest BCUT2D eigenvalue weighted by atomic mass is 10.1. The van der Waals surface area contributed by atoms with Crippen LogP contribution >= 0.6 is 0 Å². The number of rotatable bonds is 1. The Bertz CT molecular complexity index is 778. The van der Waals surface area contributed by atoms with Crippen molar-refractivity contribution in [3.63, 3.8) is 0 Å². The van der Waals surface area contributed by atoms with Crippen molar-refractivity contribution in [3.05, 3.63) is 48.4 Å². The lowest BCUT2D eigenvalue weighted by Crippen LogP contribution is -1.82. The third kappa shape index (κ3) is 2.34. The van der Waals surface area contributed by atoms with Gasteiger partial charge in [-0.2, -0.15) is 0 Å². The Morgan fingerprint density at radius 1 is 1.21 bits per heavy atom. The van der Waals surface area contributed by atoms with Crippen molar-refractivity contribution < 1.29 is 4.52 Å². The zero-order valence-electron chi connectivity index (χ0n) is 10.6. The van der Waals surface area contributed by atoms with Crippen LogP contribution in [0.3, 0.4) is 0 Å². The molecular weight excluding hydrogens is 236 g/mol. The molecule has 0 saturated heterocycles. The molecule has 0 aliphatic rings. The van der Waals surface area contributed by atoms with E-state index in [4.69, 9.17) is 4.52 Å². The van der Waals surface area contributed by atoms with Gasteiger partial charge >= 0.3 is 0 Å². The number of fused-ring (bicyclic) bond motifs is 1. The zero-order valence-corrected chi connectivity index (χ0v) is 10.6. The molecule has 19 heavy (non-hydrogen) atoms. The molecule has 2 aromatic heterocycles. The monoisotopic (exact) mass is 248 g/mol. The average Bonchev–Trinajstić information content (AvgIpc) is 2.93. The maximum atomic E-state index is 5.18. The maximum Gasteiger partial charge on any atom is 0.210 e. The second-order valence-corrected chi connectivity index (χ2v) is 4.15. The normalized spacial score (nSPS) is 10.2. The standard InChI is InChI=1S/C16H12N2O/c1-2-3-7-14-10-16(18-19-14)13-9-12-6-4-5-8-15(12)17-11-13/h4-6,8-11H,2H2,1H3. The lowest BCUT2D eigenvalue weighted by molar-refractivity contribution is 0.413. The van der Waals surface area contributed by atoms with Crippen LogP contribution in [0, 0.1) is 11.8 Å². The molecule has 0 fully saturated rings. The molecule has 92 valence electrons. The van der Waals surface area contributed by atoms with Gasteiger partial charge in [-0.1, -0.05) is 36.2 Å². The fraction of sp³-hybridized carbons (Fsp3) is 0.125. The molecule has 3 heteroatoms. The predicted molar refractivity (Wildman–Crippen MR) is 74.4 cm³/mol. The summed E-state index contributed by atoms with van der Waals surface area (Å²) in [5, 5.41) is 5.12. The van der Waals surface area contributed by atoms with Crippen molar-refractivity contribution in [2.24, 2.45) is 0 Å². The first-order valence-electron chi connectivity index (χ1n) is 6.17. The van der Waals surface area contributed by atoms with Gasteiger partial charge in [0.1, 0.15) is 5.69 Å². The summed E-state index contributed by atoms with van der Waals surface area (Å²) in [6.07, 6.45) is 2.60. The van der Waals surface area contributed by atoms with Gasteiger partial charge in [0.15, 0.2) is 0 Å². The number of hydrogen-bond donors (Lipinski definition) is 0. The van der Waals surface area contributed by atoms with Gasteiger partial charge in [-0.25, -0.2) is 0 Å². The Morgan fingerprint density at radius 2 is 2.11 bits per heavy atom. The quantitative estimate of drug-likeness (QED) is 0.617. The van der Waals surface area contributed by atoms with Gasteiger partial charge in [0.25, 0.3) is 0 Å². The summed E-state index contributed by atoms with van der Waals surface area (Å²) in [5.74, 6) is 6.47. The molecule has 0 amide bonds. The Morgan fingerprint density at radius 3 is 3.00 bits per heavy atom. The number of benzene rings is 1. The largest absolute Gasteiger partial charge is 0.347 e. The topological polar surface area (TPSA) is 38.9 Å². The van der Waals surface area contributed by atoms with Crippen molar-refractivity contribution in [2.45, 2.75) is 13.3 Å². The second-order valence-electron chi connectivity index (χ2n) is 4.15. The molecule has 1 aromatic carbocycles. The van der Waals surface area contributed by atoms with E-state index in [0.29, 0.717) is 5.76 Å². The van der Waals surface area contributed by atoms with Crippen molar-refractivity contribution in [1.82, 2.24) is 10.1 Å². The fourth-order valence-corrected chi connectivity index (χ4v) is 1.86. The van der Waals surface area contributed by atoms with E-state index in [-0.39, 0.29) is 0 Å². The minimum atomic E-state index is 0.588. The van der Waals surface area contributed by atoms with Crippen LogP contribution in [0.25, 0.3) is 22.2 Å². The highest BCUT2D eigenvalue weighted by atomic mass is 16.5. The Balaban J connectivity index is 2.01. The van der Waals surface area contributed by atoms with Crippen molar-refractivity contribution in [3.8, 4) is 23.1 Å². The third-order valence-electron chi connectivity index (χ3n) is 2.78. The summed E-state index contributed by atoms with van der Waals surface area (Å²) < 4.78 is 5.18. The van der Waals surface area contributed by atoms with Crippen molar-refractivity contribution in [1.29, 1.82) is 0 Å². The van der Waals surface area contributed by atoms with Crippen LogP contribution in [0.2, 0.25) is 0 Å². The summed E-state index contributed by atoms with van der Waals surface area (Å²) in [4.78, 5) is 4.41. The zero-order chi connectivity index (χ0) is 13.1. The van der Waals surface area contributed by atoms with Crippen LogP contribution in [0.15, 0.2) is 47.1 Å². The van der Waals surface area contributed by atoms with Crippen LogP contribution in [0.5, 0.6) is 0 Å². The van der Waals surface area contributed by atoms with Gasteiger partial charge in [-0.05, 0) is 18.1 Å². The van der Waals surface area contributed by atoms with E-state index in [1.165, 1.54) is 0 Å². The maximum absolute atomic E-state index is 5.18. The molecule has 0 bridgehead atoms. The van der Waals surface area contributed by atoms with Crippen molar-refractivity contribution >= 4 is 10.9 Å². The molecule has 0 saturated carbocycles. The van der Waals surface area contributed by atoms with E-state index in [2.05, 4.69) is 28.0 Å². The molecule has 0 radical (unpaired) electrons. The summed E-state index contributed by atoms with van der Waals surface area (Å²) in [5.41, 5.74) is 2.67. The number of pyridine rings is 1. The lowest BCUT2D eigenvalue weighted by Gasteiger charge is -1.98. The molecular formula is C16H12N2O. The first-order valence-corrected chi connectivity index (χ1v) is 6.17. The Kier molecular flexibility index (Phi) is 2.99. The summed E-state index contributed by atoms with van der Waals surface area (Å²) >= 11 is 0. The first-order chi connectivity index (χ1) is 9.36. The molecule has 3 rings (SSSR count). The summed E-state index contributed by atoms with van der Waals surface area (Å²) in [7, 11) is 0. The molecule has 3 aromatic rings. The summed E-state index contributed by atoms with van der Waals surface area (Å²) in [6, 6.07) is 11.9. The molecule has 0 aliphatic heterocycles. The highest BCUT2D eigenvalue weighted by Crippen LogP contribution is 2.22. The van der Waals surface area contributed by atoms with E-state index >= 15 is 0 Å². The van der Waals surface area contributed by atoms with E-state index in [1.54, 1.807) is 6.20 Å². The van der Waals surface area contributed by atoms with Gasteiger partial charge in [0.05, 0.1) is 5.52 Å². The number of hydrogen-bond acceptors (Lipinski definition) is 3. The summed E-state index contributed by atoms with van der Waals surface area (Å²) in [6.45, 7) is 2.00. The molecule has 0 spiro atoms. The third-order valence-corrected chi connectivity index (χ3v) is 2.78. The molecule has 0 unspecified atom stereocenters. The molecule has 0 aliphatic carbocycles. The second kappa shape index (κ2) is 4.95. The van der Waals surface area contributed by atoms with E-state index in [0.717, 1.165) is 28.6 Å². The van der Waals surface area contributed by atoms with Crippen LogP contribution < -0.4 is 0 Å². The Hall–Kier alpha value is -2.60. The van der Waals surface area contributed by atoms with Crippen LogP contribution in [-0.2, 0) is 0 Å². The molecule has 3 nitrogen and oxygen atoms in total. The van der Waals surface area contributed by atoms with Gasteiger partial charge in [-0.3, -0.25) is 4.98 Å². The number of nitrogens with zero attached hydrogens (tertiary/aromatic N) is 2. The van der Waals surface area contributed by atoms with Crippen LogP contribution in [0.1, 0.15) is 19.1 Å². The highest BCUT2D eigenvalue weighted by molar-refractivity contribution is 5.82. The van der Waals surface area contributed by atoms with Gasteiger partial charge < -0.3 is 4.52 Å². The van der Waals surface area contributed by atoms with Crippen LogP contribution in [-0.4, -0.2) is 10.1 Å². The predicted octanol–water partition coefficient (Wildman–Crippen LogP) is 3.65. The van der Waals surface area contributed by atoms with Crippen LogP contribution in [0.4, 0.5) is 0 Å². The highest BCUT2D eigenvalue weighted by Gasteiger charge is 2.06. The molecule has 0 N–H and O–H groups in total. The van der Waals surface area contributed by atoms with E-state index < -0.39 is 0 Å². The number of para-hydroxylation sites is 1. The van der Waals surface area contributed by atoms with Gasteiger partial charge in [0, 0.05) is 29.6 Å². The van der Waals surface area contributed by atoms with Crippen molar-refractivity contribution in [2.75, 3.05) is 0 Å². The number of aromatic nitrogens is 2. The minimum Gasteiger partial charge on any atom is -0.347 e. The smallest absolute Gasteiger partial charge is 0.210 e. The van der Waals surface area contributed by atoms with Gasteiger partial charge in [0.2, 0.25) is 5.76 Å². The molecule has 0 atom stereocenters.